The van der Waals surface area contributed by atoms with Gasteiger partial charge in [0, 0.05) is 12.1 Å². The van der Waals surface area contributed by atoms with Gasteiger partial charge in [0.25, 0.3) is 11.8 Å². The van der Waals surface area contributed by atoms with Crippen LogP contribution in [-0.4, -0.2) is 38.1 Å². The lowest BCUT2D eigenvalue weighted by Crippen LogP contribution is -2.45. The van der Waals surface area contributed by atoms with Crippen LogP contribution in [0.4, 0.5) is 0 Å². The minimum Gasteiger partial charge on any atom is -0.484 e. The molecule has 0 aliphatic rings. The Kier molecular flexibility index (Phi) is 8.26. The molecule has 2 aromatic carbocycles. The zero-order chi connectivity index (χ0) is 20.4. The number of carbonyl (C=O) groups excluding carboxylic acids is 3. The lowest BCUT2D eigenvalue weighted by molar-refractivity contribution is -0.131. The van der Waals surface area contributed by atoms with E-state index in [0.29, 0.717) is 22.9 Å². The summed E-state index contributed by atoms with van der Waals surface area (Å²) in [6, 6.07) is 13.0. The molecule has 0 atom stereocenters. The van der Waals surface area contributed by atoms with Crippen LogP contribution in [0, 0.1) is 0 Å². The lowest BCUT2D eigenvalue weighted by atomic mass is 10.1. The monoisotopic (exact) mass is 406 g/mol. The van der Waals surface area contributed by atoms with Crippen LogP contribution in [0.15, 0.2) is 48.5 Å². The van der Waals surface area contributed by atoms with Gasteiger partial charge in [0.15, 0.2) is 13.2 Å². The Hall–Kier alpha value is -3.10. The summed E-state index contributed by atoms with van der Waals surface area (Å²) in [7, 11) is 1.57. The molecule has 0 saturated carbocycles. The molecule has 0 spiro atoms. The SMILES string of the molecule is COCc1ccc(C(=O)OCC(=O)NNC(=O)COc2ccc(Cl)cc2)cc1. The molecule has 8 nitrogen and oxygen atoms in total. The molecule has 28 heavy (non-hydrogen) atoms. The number of carbonyl (C=O) groups is 3. The molecule has 0 radical (unpaired) electrons. The molecular weight excluding hydrogens is 388 g/mol. The Morgan fingerprint density at radius 1 is 0.893 bits per heavy atom. The van der Waals surface area contributed by atoms with Gasteiger partial charge in [0.1, 0.15) is 5.75 Å². The summed E-state index contributed by atoms with van der Waals surface area (Å²) in [5.41, 5.74) is 5.48. The largest absolute Gasteiger partial charge is 0.484 e. The molecule has 2 aromatic rings. The Bertz CT molecular complexity index is 808. The summed E-state index contributed by atoms with van der Waals surface area (Å²) in [5.74, 6) is -1.47. The van der Waals surface area contributed by atoms with E-state index >= 15 is 0 Å². The van der Waals surface area contributed by atoms with Gasteiger partial charge >= 0.3 is 5.97 Å². The van der Waals surface area contributed by atoms with Crippen molar-refractivity contribution in [2.24, 2.45) is 0 Å². The highest BCUT2D eigenvalue weighted by molar-refractivity contribution is 6.30. The summed E-state index contributed by atoms with van der Waals surface area (Å²) < 4.78 is 15.1. The van der Waals surface area contributed by atoms with E-state index in [0.717, 1.165) is 5.56 Å². The van der Waals surface area contributed by atoms with Gasteiger partial charge < -0.3 is 14.2 Å². The zero-order valence-corrected chi connectivity index (χ0v) is 15.8. The highest BCUT2D eigenvalue weighted by atomic mass is 35.5. The maximum Gasteiger partial charge on any atom is 0.338 e. The molecular formula is C19H19ClN2O6. The standard InChI is InChI=1S/C19H19ClN2O6/c1-26-10-13-2-4-14(5-3-13)19(25)28-12-18(24)22-21-17(23)11-27-16-8-6-15(20)7-9-16/h2-9H,10-12H2,1H3,(H,21,23)(H,22,24). The normalized spacial score (nSPS) is 10.1. The maximum atomic E-state index is 11.9. The first-order chi connectivity index (χ1) is 13.5. The second-order valence-electron chi connectivity index (χ2n) is 5.55. The summed E-state index contributed by atoms with van der Waals surface area (Å²) in [4.78, 5) is 35.2. The maximum absolute atomic E-state index is 11.9. The second kappa shape index (κ2) is 10.9. The minimum absolute atomic E-state index is 0.299. The van der Waals surface area contributed by atoms with E-state index in [4.69, 9.17) is 25.8 Å². The molecule has 0 saturated heterocycles. The Balaban J connectivity index is 1.66. The number of nitrogens with one attached hydrogen (secondary N) is 2. The van der Waals surface area contributed by atoms with Gasteiger partial charge in [-0.2, -0.15) is 0 Å². The molecule has 9 heteroatoms. The van der Waals surface area contributed by atoms with E-state index in [9.17, 15) is 14.4 Å². The van der Waals surface area contributed by atoms with Crippen LogP contribution >= 0.6 is 11.6 Å². The molecule has 0 aromatic heterocycles. The molecule has 0 aliphatic carbocycles. The van der Waals surface area contributed by atoms with Crippen LogP contribution in [0.2, 0.25) is 5.02 Å². The van der Waals surface area contributed by atoms with E-state index < -0.39 is 24.4 Å². The number of hydrogen-bond acceptors (Lipinski definition) is 6. The number of ether oxygens (including phenoxy) is 3. The molecule has 0 fully saturated rings. The Labute approximate surface area is 166 Å². The number of amides is 2. The molecule has 148 valence electrons. The van der Waals surface area contributed by atoms with Crippen LogP contribution in [0.3, 0.4) is 0 Å². The molecule has 0 aliphatic heterocycles. The first-order valence-electron chi connectivity index (χ1n) is 8.19. The predicted octanol–water partition coefficient (Wildman–Crippen LogP) is 1.87. The third-order valence-electron chi connectivity index (χ3n) is 3.36. The summed E-state index contributed by atoms with van der Waals surface area (Å²) in [6.07, 6.45) is 0. The van der Waals surface area contributed by atoms with Crippen LogP contribution < -0.4 is 15.6 Å². The average Bonchev–Trinajstić information content (AvgIpc) is 2.71. The number of rotatable bonds is 8. The van der Waals surface area contributed by atoms with Gasteiger partial charge in [-0.1, -0.05) is 23.7 Å². The summed E-state index contributed by atoms with van der Waals surface area (Å²) in [6.45, 7) is -0.425. The zero-order valence-electron chi connectivity index (χ0n) is 15.1. The number of hydrazine groups is 1. The minimum atomic E-state index is -0.691. The number of hydrogen-bond donors (Lipinski definition) is 2. The number of methoxy groups -OCH3 is 1. The van der Waals surface area contributed by atoms with E-state index in [-0.39, 0.29) is 6.61 Å². The lowest BCUT2D eigenvalue weighted by Gasteiger charge is -2.09. The van der Waals surface area contributed by atoms with Crippen molar-refractivity contribution in [3.05, 3.63) is 64.7 Å². The van der Waals surface area contributed by atoms with Gasteiger partial charge in [0.05, 0.1) is 12.2 Å². The number of benzene rings is 2. The quantitative estimate of drug-likeness (QED) is 0.512. The van der Waals surface area contributed by atoms with E-state index in [1.54, 1.807) is 55.6 Å². The highest BCUT2D eigenvalue weighted by Crippen LogP contribution is 2.15. The van der Waals surface area contributed by atoms with Crippen LogP contribution in [-0.2, 0) is 25.7 Å². The highest BCUT2D eigenvalue weighted by Gasteiger charge is 2.11. The van der Waals surface area contributed by atoms with Crippen molar-refractivity contribution in [3.63, 3.8) is 0 Å². The first kappa shape index (κ1) is 21.2. The van der Waals surface area contributed by atoms with Gasteiger partial charge in [-0.05, 0) is 42.0 Å². The smallest absolute Gasteiger partial charge is 0.338 e. The molecule has 0 bridgehead atoms. The Morgan fingerprint density at radius 2 is 1.50 bits per heavy atom. The summed E-state index contributed by atoms with van der Waals surface area (Å²) in [5, 5.41) is 0.546. The van der Waals surface area contributed by atoms with E-state index in [1.165, 1.54) is 0 Å². The topological polar surface area (TPSA) is 103 Å². The van der Waals surface area contributed by atoms with Crippen molar-refractivity contribution in [2.75, 3.05) is 20.3 Å². The van der Waals surface area contributed by atoms with Crippen molar-refractivity contribution in [3.8, 4) is 5.75 Å². The summed E-state index contributed by atoms with van der Waals surface area (Å²) >= 11 is 5.75. The molecule has 2 rings (SSSR count). The third-order valence-corrected chi connectivity index (χ3v) is 3.61. The van der Waals surface area contributed by atoms with Gasteiger partial charge in [0.2, 0.25) is 0 Å². The van der Waals surface area contributed by atoms with Gasteiger partial charge in [-0.3, -0.25) is 20.4 Å². The van der Waals surface area contributed by atoms with Crippen molar-refractivity contribution in [1.29, 1.82) is 0 Å². The van der Waals surface area contributed by atoms with Gasteiger partial charge in [-0.25, -0.2) is 4.79 Å². The molecule has 0 heterocycles. The fraction of sp³-hybridized carbons (Fsp3) is 0.211. The fourth-order valence-corrected chi connectivity index (χ4v) is 2.14. The Morgan fingerprint density at radius 3 is 2.11 bits per heavy atom. The fourth-order valence-electron chi connectivity index (χ4n) is 2.01. The van der Waals surface area contributed by atoms with Crippen molar-refractivity contribution in [1.82, 2.24) is 10.9 Å². The predicted molar refractivity (Wildman–Crippen MR) is 101 cm³/mol. The molecule has 0 unspecified atom stereocenters. The van der Waals surface area contributed by atoms with Crippen LogP contribution in [0.25, 0.3) is 0 Å². The first-order valence-corrected chi connectivity index (χ1v) is 8.57. The van der Waals surface area contributed by atoms with E-state index in [1.807, 2.05) is 0 Å². The van der Waals surface area contributed by atoms with Crippen molar-refractivity contribution < 1.29 is 28.6 Å². The van der Waals surface area contributed by atoms with Crippen molar-refractivity contribution in [2.45, 2.75) is 6.61 Å². The van der Waals surface area contributed by atoms with Gasteiger partial charge in [-0.15, -0.1) is 0 Å². The van der Waals surface area contributed by atoms with Crippen LogP contribution in [0.1, 0.15) is 15.9 Å². The van der Waals surface area contributed by atoms with E-state index in [2.05, 4.69) is 10.9 Å². The number of halogens is 1. The van der Waals surface area contributed by atoms with Crippen molar-refractivity contribution >= 4 is 29.4 Å². The molecule has 2 amide bonds. The molecule has 2 N–H and O–H groups in total. The number of esters is 1. The van der Waals surface area contributed by atoms with Crippen LogP contribution in [0.5, 0.6) is 5.75 Å². The third kappa shape index (κ3) is 7.26. The second-order valence-corrected chi connectivity index (χ2v) is 5.98. The average molecular weight is 407 g/mol.